The predicted molar refractivity (Wildman–Crippen MR) is 112 cm³/mol. The van der Waals surface area contributed by atoms with Crippen LogP contribution in [0.1, 0.15) is 42.1 Å². The minimum atomic E-state index is -0.205. The van der Waals surface area contributed by atoms with E-state index in [0.29, 0.717) is 17.2 Å². The summed E-state index contributed by atoms with van der Waals surface area (Å²) in [4.78, 5) is 30.1. The first-order valence-electron chi connectivity index (χ1n) is 8.74. The summed E-state index contributed by atoms with van der Waals surface area (Å²) in [6.45, 7) is 6.10. The molecule has 7 heteroatoms. The number of aromatic nitrogens is 1. The zero-order chi connectivity index (χ0) is 19.1. The molecule has 4 rings (SSSR count). The lowest BCUT2D eigenvalue weighted by Crippen LogP contribution is -2.26. The topological polar surface area (TPSA) is 71.1 Å². The number of fused-ring (bicyclic) bond motifs is 2. The van der Waals surface area contributed by atoms with Gasteiger partial charge in [-0.05, 0) is 43.3 Å². The number of carbonyl (C=O) groups excluding carboxylic acids is 2. The number of thioether (sulfide) groups is 1. The van der Waals surface area contributed by atoms with Gasteiger partial charge >= 0.3 is 0 Å². The van der Waals surface area contributed by atoms with Crippen molar-refractivity contribution in [3.05, 3.63) is 47.0 Å². The van der Waals surface area contributed by atoms with E-state index < -0.39 is 0 Å². The van der Waals surface area contributed by atoms with Crippen LogP contribution >= 0.6 is 23.1 Å². The zero-order valence-electron chi connectivity index (χ0n) is 15.2. The maximum atomic E-state index is 12.7. The lowest BCUT2D eigenvalue weighted by atomic mass is 10.1. The standard InChI is InChI=1S/C20H19N3O2S2/c1-10(2)20-23-14-6-5-13(9-17(14)27-20)21-19(25)12-4-7-16-15(8-12)22-18(24)11(3)26-16/h4-11H,1-3H3,(H,21,25)(H,22,24)/t11-/m0/s1. The zero-order valence-corrected chi connectivity index (χ0v) is 16.8. The van der Waals surface area contributed by atoms with Gasteiger partial charge in [0.1, 0.15) is 0 Å². The van der Waals surface area contributed by atoms with E-state index in [9.17, 15) is 9.59 Å². The molecule has 1 atom stereocenters. The molecule has 138 valence electrons. The van der Waals surface area contributed by atoms with E-state index in [1.54, 1.807) is 23.5 Å². The van der Waals surface area contributed by atoms with E-state index in [-0.39, 0.29) is 17.1 Å². The van der Waals surface area contributed by atoms with Gasteiger partial charge in [-0.2, -0.15) is 0 Å². The molecule has 0 radical (unpaired) electrons. The van der Waals surface area contributed by atoms with Crippen molar-refractivity contribution in [1.82, 2.24) is 4.98 Å². The van der Waals surface area contributed by atoms with Crippen LogP contribution in [0.4, 0.5) is 11.4 Å². The Kier molecular flexibility index (Phi) is 4.65. The molecular weight excluding hydrogens is 378 g/mol. The number of carbonyl (C=O) groups is 2. The third-order valence-electron chi connectivity index (χ3n) is 4.33. The van der Waals surface area contributed by atoms with Crippen LogP contribution < -0.4 is 10.6 Å². The van der Waals surface area contributed by atoms with Gasteiger partial charge in [0, 0.05) is 22.1 Å². The van der Waals surface area contributed by atoms with Gasteiger partial charge in [0.2, 0.25) is 5.91 Å². The van der Waals surface area contributed by atoms with Crippen LogP contribution in [0, 0.1) is 0 Å². The summed E-state index contributed by atoms with van der Waals surface area (Å²) < 4.78 is 1.06. The van der Waals surface area contributed by atoms with Gasteiger partial charge in [-0.15, -0.1) is 23.1 Å². The SMILES string of the molecule is CC(C)c1nc2ccc(NC(=O)c3ccc4c(c3)NC(=O)[C@H](C)S4)cc2s1. The minimum Gasteiger partial charge on any atom is -0.324 e. The summed E-state index contributed by atoms with van der Waals surface area (Å²) in [6, 6.07) is 11.1. The number of benzene rings is 2. The lowest BCUT2D eigenvalue weighted by molar-refractivity contribution is -0.115. The number of hydrogen-bond acceptors (Lipinski definition) is 5. The monoisotopic (exact) mass is 397 g/mol. The highest BCUT2D eigenvalue weighted by atomic mass is 32.2. The molecule has 0 fully saturated rings. The second-order valence-corrected chi connectivity index (χ2v) is 9.25. The summed E-state index contributed by atoms with van der Waals surface area (Å²) >= 11 is 3.15. The maximum absolute atomic E-state index is 12.7. The fraction of sp³-hybridized carbons (Fsp3) is 0.250. The van der Waals surface area contributed by atoms with Crippen molar-refractivity contribution in [3.8, 4) is 0 Å². The van der Waals surface area contributed by atoms with Gasteiger partial charge in [0.25, 0.3) is 5.91 Å². The van der Waals surface area contributed by atoms with E-state index in [0.717, 1.165) is 25.8 Å². The van der Waals surface area contributed by atoms with Crippen LogP contribution in [-0.4, -0.2) is 22.0 Å². The van der Waals surface area contributed by atoms with Gasteiger partial charge < -0.3 is 10.6 Å². The second kappa shape index (κ2) is 6.98. The third-order valence-corrected chi connectivity index (χ3v) is 6.83. The number of thiazole rings is 1. The maximum Gasteiger partial charge on any atom is 0.255 e. The van der Waals surface area contributed by atoms with Gasteiger partial charge in [-0.3, -0.25) is 9.59 Å². The number of nitrogens with zero attached hydrogens (tertiary/aromatic N) is 1. The summed E-state index contributed by atoms with van der Waals surface area (Å²) in [5.74, 6) is 0.136. The van der Waals surface area contributed by atoms with E-state index in [4.69, 9.17) is 0 Å². The molecule has 27 heavy (non-hydrogen) atoms. The van der Waals surface area contributed by atoms with Crippen molar-refractivity contribution in [2.45, 2.75) is 36.8 Å². The molecule has 0 aliphatic carbocycles. The highest BCUT2D eigenvalue weighted by Gasteiger charge is 2.23. The van der Waals surface area contributed by atoms with Crippen molar-refractivity contribution in [2.75, 3.05) is 10.6 Å². The highest BCUT2D eigenvalue weighted by molar-refractivity contribution is 8.00. The Morgan fingerprint density at radius 2 is 2.04 bits per heavy atom. The van der Waals surface area contributed by atoms with Crippen molar-refractivity contribution in [2.24, 2.45) is 0 Å². The van der Waals surface area contributed by atoms with Crippen LogP contribution in [-0.2, 0) is 4.79 Å². The number of hydrogen-bond donors (Lipinski definition) is 2. The Morgan fingerprint density at radius 3 is 2.81 bits per heavy atom. The van der Waals surface area contributed by atoms with E-state index in [1.165, 1.54) is 11.8 Å². The minimum absolute atomic E-state index is 0.0401. The largest absolute Gasteiger partial charge is 0.324 e. The van der Waals surface area contributed by atoms with Crippen LogP contribution in [0.2, 0.25) is 0 Å². The Hall–Kier alpha value is -2.38. The Balaban J connectivity index is 1.56. The molecule has 3 aromatic rings. The number of anilines is 2. The normalized spacial score (nSPS) is 16.3. The second-order valence-electron chi connectivity index (χ2n) is 6.80. The molecule has 2 N–H and O–H groups in total. The van der Waals surface area contributed by atoms with E-state index in [1.807, 2.05) is 31.2 Å². The fourth-order valence-corrected chi connectivity index (χ4v) is 4.76. The number of amides is 2. The summed E-state index contributed by atoms with van der Waals surface area (Å²) in [5, 5.41) is 6.76. The number of nitrogens with one attached hydrogen (secondary N) is 2. The van der Waals surface area contributed by atoms with Crippen LogP contribution in [0.15, 0.2) is 41.3 Å². The molecule has 2 aromatic carbocycles. The molecule has 2 heterocycles. The Bertz CT molecular complexity index is 1060. The van der Waals surface area contributed by atoms with Crippen LogP contribution in [0.5, 0.6) is 0 Å². The van der Waals surface area contributed by atoms with Gasteiger partial charge in [-0.1, -0.05) is 13.8 Å². The molecule has 5 nitrogen and oxygen atoms in total. The number of rotatable bonds is 3. The third kappa shape index (κ3) is 3.57. The molecule has 1 aromatic heterocycles. The molecular formula is C20H19N3O2S2. The average Bonchev–Trinajstić information content (AvgIpc) is 3.06. The Labute approximate surface area is 165 Å². The molecule has 1 aliphatic heterocycles. The van der Waals surface area contributed by atoms with Crippen molar-refractivity contribution < 1.29 is 9.59 Å². The Morgan fingerprint density at radius 1 is 1.22 bits per heavy atom. The summed E-state index contributed by atoms with van der Waals surface area (Å²) in [6.07, 6.45) is 0. The molecule has 1 aliphatic rings. The summed E-state index contributed by atoms with van der Waals surface area (Å²) in [5.41, 5.74) is 2.88. The molecule has 0 spiro atoms. The van der Waals surface area contributed by atoms with Crippen LogP contribution in [0.3, 0.4) is 0 Å². The van der Waals surface area contributed by atoms with Crippen molar-refractivity contribution in [1.29, 1.82) is 0 Å². The summed E-state index contributed by atoms with van der Waals surface area (Å²) in [7, 11) is 0. The van der Waals surface area contributed by atoms with E-state index >= 15 is 0 Å². The first kappa shape index (κ1) is 18.0. The molecule has 0 unspecified atom stereocenters. The van der Waals surface area contributed by atoms with Crippen molar-refractivity contribution in [3.63, 3.8) is 0 Å². The van der Waals surface area contributed by atoms with Gasteiger partial charge in [-0.25, -0.2) is 4.98 Å². The van der Waals surface area contributed by atoms with Crippen molar-refractivity contribution >= 4 is 56.5 Å². The van der Waals surface area contributed by atoms with E-state index in [2.05, 4.69) is 29.5 Å². The van der Waals surface area contributed by atoms with Gasteiger partial charge in [0.15, 0.2) is 0 Å². The fourth-order valence-electron chi connectivity index (χ4n) is 2.82. The first-order chi connectivity index (χ1) is 12.9. The highest BCUT2D eigenvalue weighted by Crippen LogP contribution is 2.36. The average molecular weight is 398 g/mol. The first-order valence-corrected chi connectivity index (χ1v) is 10.4. The lowest BCUT2D eigenvalue weighted by Gasteiger charge is -2.21. The molecule has 2 amide bonds. The predicted octanol–water partition coefficient (Wildman–Crippen LogP) is 5.10. The smallest absolute Gasteiger partial charge is 0.255 e. The molecule has 0 bridgehead atoms. The van der Waals surface area contributed by atoms with Gasteiger partial charge in [0.05, 0.1) is 26.2 Å². The molecule has 0 saturated carbocycles. The van der Waals surface area contributed by atoms with Crippen LogP contribution in [0.25, 0.3) is 10.2 Å². The quantitative estimate of drug-likeness (QED) is 0.645. The molecule has 0 saturated heterocycles.